The highest BCUT2D eigenvalue weighted by Crippen LogP contribution is 2.22. The topological polar surface area (TPSA) is 67.2 Å². The van der Waals surface area contributed by atoms with Gasteiger partial charge in [0.1, 0.15) is 0 Å². The minimum atomic E-state index is -0.0740. The van der Waals surface area contributed by atoms with Crippen LogP contribution < -0.4 is 15.8 Å². The Morgan fingerprint density at radius 3 is 2.53 bits per heavy atom. The summed E-state index contributed by atoms with van der Waals surface area (Å²) in [6, 6.07) is 16.1. The van der Waals surface area contributed by atoms with E-state index in [2.05, 4.69) is 48.3 Å². The minimum absolute atomic E-state index is 0.0124. The van der Waals surface area contributed by atoms with Crippen LogP contribution in [0.1, 0.15) is 43.7 Å². The van der Waals surface area contributed by atoms with Gasteiger partial charge in [0.05, 0.1) is 17.6 Å². The molecule has 2 aromatic carbocycles. The van der Waals surface area contributed by atoms with Gasteiger partial charge >= 0.3 is 0 Å². The van der Waals surface area contributed by atoms with E-state index >= 15 is 0 Å². The molecule has 4 rings (SSSR count). The molecule has 1 amide bonds. The number of nitrogens with zero attached hydrogens (tertiary/aromatic N) is 3. The van der Waals surface area contributed by atoms with E-state index < -0.39 is 0 Å². The average molecular weight is 433 g/mol. The van der Waals surface area contributed by atoms with Crippen molar-refractivity contribution >= 4 is 22.8 Å². The molecule has 168 valence electrons. The van der Waals surface area contributed by atoms with Gasteiger partial charge in [0.15, 0.2) is 5.82 Å². The predicted octanol–water partition coefficient (Wildman–Crippen LogP) is 3.89. The Hall–Kier alpha value is -3.15. The van der Waals surface area contributed by atoms with Crippen LogP contribution in [0.25, 0.3) is 11.0 Å². The number of carbonyl (C=O) groups excluding carboxylic acids is 1. The summed E-state index contributed by atoms with van der Waals surface area (Å²) >= 11 is 0. The van der Waals surface area contributed by atoms with E-state index in [4.69, 9.17) is 4.98 Å². The molecule has 1 aliphatic heterocycles. The van der Waals surface area contributed by atoms with Crippen molar-refractivity contribution in [3.63, 3.8) is 0 Å². The number of piperidine rings is 1. The zero-order chi connectivity index (χ0) is 22.5. The number of aromatic nitrogens is 2. The summed E-state index contributed by atoms with van der Waals surface area (Å²) in [6.45, 7) is 6.75. The quantitative estimate of drug-likeness (QED) is 0.575. The standard InChI is InChI=1S/C26H32N4O2/c1-3-4-15-27-25(31)21-13-16-29(17-14-21)24-26(32)30(18-20-11-9-19(2)10-12-20)23-8-6-5-7-22(23)28-24/h5-12,21H,3-4,13-18H2,1-2H3,(H,27,31). The summed E-state index contributed by atoms with van der Waals surface area (Å²) in [6.07, 6.45) is 3.56. The van der Waals surface area contributed by atoms with E-state index in [1.165, 1.54) is 5.56 Å². The van der Waals surface area contributed by atoms with Gasteiger partial charge in [-0.15, -0.1) is 0 Å². The van der Waals surface area contributed by atoms with Crippen LogP contribution in [0.3, 0.4) is 0 Å². The average Bonchev–Trinajstić information content (AvgIpc) is 2.82. The normalized spacial score (nSPS) is 14.6. The van der Waals surface area contributed by atoms with Gasteiger partial charge in [0.2, 0.25) is 5.91 Å². The van der Waals surface area contributed by atoms with Crippen molar-refractivity contribution in [1.29, 1.82) is 0 Å². The Morgan fingerprint density at radius 1 is 1.09 bits per heavy atom. The second-order valence-corrected chi connectivity index (χ2v) is 8.71. The van der Waals surface area contributed by atoms with Crippen LogP contribution in [0.15, 0.2) is 53.3 Å². The lowest BCUT2D eigenvalue weighted by Crippen LogP contribution is -2.43. The first-order valence-electron chi connectivity index (χ1n) is 11.6. The number of fused-ring (bicyclic) bond motifs is 1. The van der Waals surface area contributed by atoms with Crippen LogP contribution in [-0.4, -0.2) is 35.1 Å². The molecule has 0 radical (unpaired) electrons. The Bertz CT molecular complexity index is 1130. The van der Waals surface area contributed by atoms with Gasteiger partial charge in [0, 0.05) is 25.6 Å². The largest absolute Gasteiger partial charge is 0.356 e. The molecule has 6 nitrogen and oxygen atoms in total. The summed E-state index contributed by atoms with van der Waals surface area (Å²) in [7, 11) is 0. The maximum Gasteiger partial charge on any atom is 0.294 e. The zero-order valence-corrected chi connectivity index (χ0v) is 19.0. The number of benzene rings is 2. The number of aryl methyl sites for hydroxylation is 1. The fraction of sp³-hybridized carbons (Fsp3) is 0.423. The van der Waals surface area contributed by atoms with Crippen molar-refractivity contribution in [3.05, 3.63) is 70.0 Å². The Morgan fingerprint density at radius 2 is 1.81 bits per heavy atom. The fourth-order valence-corrected chi connectivity index (χ4v) is 4.30. The molecule has 0 spiro atoms. The van der Waals surface area contributed by atoms with Gasteiger partial charge in [-0.05, 0) is 43.9 Å². The number of hydrogen-bond acceptors (Lipinski definition) is 4. The van der Waals surface area contributed by atoms with Gasteiger partial charge in [0.25, 0.3) is 5.56 Å². The summed E-state index contributed by atoms with van der Waals surface area (Å²) in [5, 5.41) is 3.04. The number of rotatable bonds is 7. The molecule has 0 unspecified atom stereocenters. The highest BCUT2D eigenvalue weighted by atomic mass is 16.2. The first kappa shape index (κ1) is 22.1. The number of para-hydroxylation sites is 2. The van der Waals surface area contributed by atoms with Gasteiger partial charge in [-0.2, -0.15) is 0 Å². The molecule has 0 aliphatic carbocycles. The second kappa shape index (κ2) is 9.98. The summed E-state index contributed by atoms with van der Waals surface area (Å²) in [4.78, 5) is 32.7. The summed E-state index contributed by atoms with van der Waals surface area (Å²) in [5.74, 6) is 0.639. The highest BCUT2D eigenvalue weighted by Gasteiger charge is 2.27. The van der Waals surface area contributed by atoms with E-state index in [9.17, 15) is 9.59 Å². The zero-order valence-electron chi connectivity index (χ0n) is 19.0. The molecule has 1 aliphatic rings. The van der Waals surface area contributed by atoms with E-state index in [0.29, 0.717) is 25.5 Å². The molecule has 1 saturated heterocycles. The van der Waals surface area contributed by atoms with Crippen molar-refractivity contribution in [3.8, 4) is 0 Å². The van der Waals surface area contributed by atoms with Crippen molar-refractivity contribution in [2.24, 2.45) is 5.92 Å². The highest BCUT2D eigenvalue weighted by molar-refractivity contribution is 5.79. The molecule has 6 heteroatoms. The fourth-order valence-electron chi connectivity index (χ4n) is 4.30. The van der Waals surface area contributed by atoms with Crippen molar-refractivity contribution in [2.75, 3.05) is 24.5 Å². The van der Waals surface area contributed by atoms with Crippen LogP contribution in [0.5, 0.6) is 0 Å². The number of carbonyl (C=O) groups is 1. The third-order valence-corrected chi connectivity index (χ3v) is 6.29. The van der Waals surface area contributed by atoms with E-state index in [1.54, 1.807) is 0 Å². The number of nitrogens with one attached hydrogen (secondary N) is 1. The minimum Gasteiger partial charge on any atom is -0.356 e. The SMILES string of the molecule is CCCCNC(=O)C1CCN(c2nc3ccccc3n(Cc3ccc(C)cc3)c2=O)CC1. The molecule has 2 heterocycles. The van der Waals surface area contributed by atoms with Gasteiger partial charge in [-0.25, -0.2) is 4.98 Å². The first-order chi connectivity index (χ1) is 15.6. The lowest BCUT2D eigenvalue weighted by molar-refractivity contribution is -0.125. The maximum atomic E-state index is 13.5. The van der Waals surface area contributed by atoms with Crippen LogP contribution in [0.4, 0.5) is 5.82 Å². The second-order valence-electron chi connectivity index (χ2n) is 8.71. The predicted molar refractivity (Wildman–Crippen MR) is 129 cm³/mol. The van der Waals surface area contributed by atoms with Crippen LogP contribution in [0.2, 0.25) is 0 Å². The van der Waals surface area contributed by atoms with E-state index in [1.807, 2.05) is 28.8 Å². The molecule has 32 heavy (non-hydrogen) atoms. The molecule has 3 aromatic rings. The lowest BCUT2D eigenvalue weighted by Gasteiger charge is -2.32. The van der Waals surface area contributed by atoms with Crippen molar-refractivity contribution in [2.45, 2.75) is 46.1 Å². The molecule has 1 aromatic heterocycles. The smallest absolute Gasteiger partial charge is 0.294 e. The number of unbranched alkanes of at least 4 members (excludes halogenated alkanes) is 1. The molecular formula is C26H32N4O2. The Balaban J connectivity index is 1.57. The maximum absolute atomic E-state index is 13.5. The Kier molecular flexibility index (Phi) is 6.88. The summed E-state index contributed by atoms with van der Waals surface area (Å²) < 4.78 is 1.83. The third-order valence-electron chi connectivity index (χ3n) is 6.29. The van der Waals surface area contributed by atoms with Crippen LogP contribution >= 0.6 is 0 Å². The van der Waals surface area contributed by atoms with Crippen molar-refractivity contribution in [1.82, 2.24) is 14.9 Å². The van der Waals surface area contributed by atoms with Gasteiger partial charge in [-0.1, -0.05) is 55.3 Å². The molecule has 1 fully saturated rings. The van der Waals surface area contributed by atoms with E-state index in [0.717, 1.165) is 48.8 Å². The number of hydrogen-bond donors (Lipinski definition) is 1. The molecule has 0 bridgehead atoms. The van der Waals surface area contributed by atoms with Crippen molar-refractivity contribution < 1.29 is 4.79 Å². The molecular weight excluding hydrogens is 400 g/mol. The first-order valence-corrected chi connectivity index (χ1v) is 11.6. The third kappa shape index (κ3) is 4.85. The number of amides is 1. The van der Waals surface area contributed by atoms with Crippen LogP contribution in [-0.2, 0) is 11.3 Å². The molecule has 0 atom stereocenters. The Labute approximate surface area is 189 Å². The molecule has 1 N–H and O–H groups in total. The van der Waals surface area contributed by atoms with Gasteiger partial charge < -0.3 is 10.2 Å². The van der Waals surface area contributed by atoms with Gasteiger partial charge in [-0.3, -0.25) is 14.2 Å². The number of anilines is 1. The monoisotopic (exact) mass is 432 g/mol. The molecule has 0 saturated carbocycles. The van der Waals surface area contributed by atoms with Crippen LogP contribution in [0, 0.1) is 12.8 Å². The van der Waals surface area contributed by atoms with E-state index in [-0.39, 0.29) is 17.4 Å². The lowest BCUT2D eigenvalue weighted by atomic mass is 9.96. The summed E-state index contributed by atoms with van der Waals surface area (Å²) in [5.41, 5.74) is 3.86.